The van der Waals surface area contributed by atoms with Crippen molar-refractivity contribution in [3.63, 3.8) is 0 Å². The lowest BCUT2D eigenvalue weighted by Gasteiger charge is -2.06. The second kappa shape index (κ2) is 3.98. The maximum Gasteiger partial charge on any atom is 0.177 e. The van der Waals surface area contributed by atoms with Gasteiger partial charge in [0, 0.05) is 18.2 Å². The van der Waals surface area contributed by atoms with Crippen LogP contribution in [-0.4, -0.2) is 21.5 Å². The van der Waals surface area contributed by atoms with Crippen molar-refractivity contribution in [1.29, 1.82) is 0 Å². The average Bonchev–Trinajstić information content (AvgIpc) is 2.62. The number of hydrogen-bond acceptors (Lipinski definition) is 3. The Bertz CT molecular complexity index is 457. The van der Waals surface area contributed by atoms with Gasteiger partial charge >= 0.3 is 0 Å². The molecule has 2 rings (SSSR count). The van der Waals surface area contributed by atoms with Crippen molar-refractivity contribution in [3.8, 4) is 0 Å². The Morgan fingerprint density at radius 2 is 2.20 bits per heavy atom. The molecule has 0 aliphatic rings. The lowest BCUT2D eigenvalue weighted by molar-refractivity contribution is 0.640. The highest BCUT2D eigenvalue weighted by atomic mass is 15.0. The van der Waals surface area contributed by atoms with E-state index >= 15 is 0 Å². The second-order valence-electron chi connectivity index (χ2n) is 3.79. The molecule has 4 heteroatoms. The van der Waals surface area contributed by atoms with Crippen LogP contribution in [0.1, 0.15) is 30.8 Å². The number of rotatable bonds is 3. The Hall–Kier alpha value is -1.42. The minimum absolute atomic E-state index is 0.305. The summed E-state index contributed by atoms with van der Waals surface area (Å²) in [5.74, 6) is 1.26. The molecule has 0 saturated heterocycles. The summed E-state index contributed by atoms with van der Waals surface area (Å²) in [5.41, 5.74) is 8.45. The number of aromatic amines is 1. The van der Waals surface area contributed by atoms with Gasteiger partial charge in [0.15, 0.2) is 5.65 Å². The van der Waals surface area contributed by atoms with Crippen LogP contribution in [0.3, 0.4) is 0 Å². The Labute approximate surface area is 88.9 Å². The smallest absolute Gasteiger partial charge is 0.177 e. The first-order chi connectivity index (χ1) is 7.24. The normalized spacial score (nSPS) is 13.3. The molecule has 0 aliphatic heterocycles. The Morgan fingerprint density at radius 3 is 2.87 bits per heavy atom. The third-order valence-electron chi connectivity index (χ3n) is 2.67. The highest BCUT2D eigenvalue weighted by molar-refractivity contribution is 5.70. The van der Waals surface area contributed by atoms with Gasteiger partial charge in [0.25, 0.3) is 0 Å². The molecule has 3 N–H and O–H groups in total. The molecule has 2 aromatic rings. The summed E-state index contributed by atoms with van der Waals surface area (Å²) in [6.45, 7) is 4.70. The molecular weight excluding hydrogens is 188 g/mol. The monoisotopic (exact) mass is 204 g/mol. The average molecular weight is 204 g/mol. The van der Waals surface area contributed by atoms with Crippen molar-refractivity contribution < 1.29 is 0 Å². The van der Waals surface area contributed by atoms with E-state index in [1.807, 2.05) is 19.1 Å². The highest BCUT2D eigenvalue weighted by Gasteiger charge is 2.12. The fraction of sp³-hybridized carbons (Fsp3) is 0.455. The van der Waals surface area contributed by atoms with Crippen LogP contribution < -0.4 is 5.73 Å². The van der Waals surface area contributed by atoms with Gasteiger partial charge in [-0.3, -0.25) is 0 Å². The van der Waals surface area contributed by atoms with Gasteiger partial charge in [0.1, 0.15) is 5.82 Å². The fourth-order valence-corrected chi connectivity index (χ4v) is 1.67. The van der Waals surface area contributed by atoms with Crippen LogP contribution >= 0.6 is 0 Å². The lowest BCUT2D eigenvalue weighted by atomic mass is 10.1. The summed E-state index contributed by atoms with van der Waals surface area (Å²) in [4.78, 5) is 12.1. The molecule has 0 aromatic carbocycles. The van der Waals surface area contributed by atoms with Crippen LogP contribution in [-0.2, 0) is 0 Å². The largest absolute Gasteiger partial charge is 0.340 e. The van der Waals surface area contributed by atoms with Crippen molar-refractivity contribution in [2.45, 2.75) is 26.2 Å². The van der Waals surface area contributed by atoms with Crippen LogP contribution in [0.25, 0.3) is 11.2 Å². The Morgan fingerprint density at radius 1 is 1.40 bits per heavy atom. The van der Waals surface area contributed by atoms with E-state index in [4.69, 9.17) is 5.73 Å². The van der Waals surface area contributed by atoms with Crippen LogP contribution in [0, 0.1) is 6.92 Å². The quantitative estimate of drug-likeness (QED) is 0.799. The molecular formula is C11H16N4. The van der Waals surface area contributed by atoms with Crippen LogP contribution in [0.4, 0.5) is 0 Å². The van der Waals surface area contributed by atoms with Gasteiger partial charge < -0.3 is 10.7 Å². The van der Waals surface area contributed by atoms with E-state index in [9.17, 15) is 0 Å². The van der Waals surface area contributed by atoms with Gasteiger partial charge in [0.2, 0.25) is 0 Å². The molecule has 0 radical (unpaired) electrons. The molecule has 0 aliphatic carbocycles. The van der Waals surface area contributed by atoms with Gasteiger partial charge in [-0.15, -0.1) is 0 Å². The van der Waals surface area contributed by atoms with Crippen molar-refractivity contribution in [3.05, 3.63) is 23.7 Å². The van der Waals surface area contributed by atoms with Gasteiger partial charge in [-0.25, -0.2) is 9.97 Å². The zero-order valence-corrected chi connectivity index (χ0v) is 9.12. The molecule has 0 amide bonds. The molecule has 0 spiro atoms. The minimum Gasteiger partial charge on any atom is -0.340 e. The number of H-pyrrole nitrogens is 1. The molecule has 1 atom stereocenters. The first-order valence-electron chi connectivity index (χ1n) is 5.28. The van der Waals surface area contributed by atoms with Crippen LogP contribution in [0.15, 0.2) is 12.1 Å². The van der Waals surface area contributed by atoms with Crippen molar-refractivity contribution in [1.82, 2.24) is 15.0 Å². The number of nitrogens with two attached hydrogens (primary N) is 1. The number of nitrogens with one attached hydrogen (secondary N) is 1. The predicted molar refractivity (Wildman–Crippen MR) is 60.7 cm³/mol. The standard InChI is InChI=1S/C11H16N4/c1-3-8(6-12)10-14-9-5-4-7(2)13-11(9)15-10/h4-5,8H,3,6,12H2,1-2H3,(H,13,14,15). The summed E-state index contributed by atoms with van der Waals surface area (Å²) in [7, 11) is 0. The third kappa shape index (κ3) is 1.85. The van der Waals surface area contributed by atoms with E-state index in [1.165, 1.54) is 0 Å². The zero-order valence-electron chi connectivity index (χ0n) is 9.12. The number of hydrogen-bond donors (Lipinski definition) is 2. The summed E-state index contributed by atoms with van der Waals surface area (Å²) in [6.07, 6.45) is 0.995. The number of fused-ring (bicyclic) bond motifs is 1. The maximum absolute atomic E-state index is 5.69. The molecule has 1 unspecified atom stereocenters. The summed E-state index contributed by atoms with van der Waals surface area (Å²) in [6, 6.07) is 3.99. The fourth-order valence-electron chi connectivity index (χ4n) is 1.67. The van der Waals surface area contributed by atoms with E-state index in [0.29, 0.717) is 12.5 Å². The molecule has 4 nitrogen and oxygen atoms in total. The number of aromatic nitrogens is 3. The van der Waals surface area contributed by atoms with Crippen LogP contribution in [0.5, 0.6) is 0 Å². The third-order valence-corrected chi connectivity index (χ3v) is 2.67. The van der Waals surface area contributed by atoms with Crippen LogP contribution in [0.2, 0.25) is 0 Å². The molecule has 80 valence electrons. The van der Waals surface area contributed by atoms with Gasteiger partial charge in [0.05, 0.1) is 5.52 Å². The van der Waals surface area contributed by atoms with Gasteiger partial charge in [-0.2, -0.15) is 0 Å². The summed E-state index contributed by atoms with van der Waals surface area (Å²) >= 11 is 0. The summed E-state index contributed by atoms with van der Waals surface area (Å²) < 4.78 is 0. The molecule has 15 heavy (non-hydrogen) atoms. The van der Waals surface area contributed by atoms with Crippen molar-refractivity contribution in [2.75, 3.05) is 6.54 Å². The molecule has 0 saturated carbocycles. The molecule has 2 heterocycles. The molecule has 2 aromatic heterocycles. The Kier molecular flexibility index (Phi) is 2.68. The number of imidazole rings is 1. The van der Waals surface area contributed by atoms with Crippen molar-refractivity contribution in [2.24, 2.45) is 5.73 Å². The Balaban J connectivity index is 2.46. The maximum atomic E-state index is 5.69. The van der Waals surface area contributed by atoms with E-state index in [-0.39, 0.29) is 0 Å². The van der Waals surface area contributed by atoms with E-state index < -0.39 is 0 Å². The van der Waals surface area contributed by atoms with E-state index in [1.54, 1.807) is 0 Å². The minimum atomic E-state index is 0.305. The van der Waals surface area contributed by atoms with Gasteiger partial charge in [-0.05, 0) is 25.5 Å². The summed E-state index contributed by atoms with van der Waals surface area (Å²) in [5, 5.41) is 0. The number of pyridine rings is 1. The topological polar surface area (TPSA) is 67.6 Å². The highest BCUT2D eigenvalue weighted by Crippen LogP contribution is 2.18. The first-order valence-corrected chi connectivity index (χ1v) is 5.28. The number of aryl methyl sites for hydroxylation is 1. The second-order valence-corrected chi connectivity index (χ2v) is 3.79. The van der Waals surface area contributed by atoms with E-state index in [0.717, 1.165) is 29.1 Å². The first kappa shape index (κ1) is 10.1. The van der Waals surface area contributed by atoms with Crippen molar-refractivity contribution >= 4 is 11.2 Å². The lowest BCUT2D eigenvalue weighted by Crippen LogP contribution is -2.12. The van der Waals surface area contributed by atoms with E-state index in [2.05, 4.69) is 21.9 Å². The molecule has 0 bridgehead atoms. The SMILES string of the molecule is CCC(CN)c1nc2nc(C)ccc2[nH]1. The van der Waals surface area contributed by atoms with Gasteiger partial charge in [-0.1, -0.05) is 6.92 Å². The molecule has 0 fully saturated rings. The predicted octanol–water partition coefficient (Wildman–Crippen LogP) is 1.72. The zero-order chi connectivity index (χ0) is 10.8. The number of nitrogens with zero attached hydrogens (tertiary/aromatic N) is 2.